The van der Waals surface area contributed by atoms with Crippen LogP contribution in [0, 0.1) is 13.8 Å². The summed E-state index contributed by atoms with van der Waals surface area (Å²) in [5.41, 5.74) is 3.28. The maximum absolute atomic E-state index is 12.8. The fourth-order valence-corrected chi connectivity index (χ4v) is 3.39. The molecule has 31 heavy (non-hydrogen) atoms. The van der Waals surface area contributed by atoms with Crippen LogP contribution in [0.3, 0.4) is 0 Å². The van der Waals surface area contributed by atoms with Crippen molar-refractivity contribution in [1.29, 1.82) is 0 Å². The summed E-state index contributed by atoms with van der Waals surface area (Å²) in [6.07, 6.45) is 0. The van der Waals surface area contributed by atoms with E-state index in [-0.39, 0.29) is 11.9 Å². The summed E-state index contributed by atoms with van der Waals surface area (Å²) in [4.78, 5) is 14.9. The van der Waals surface area contributed by atoms with Crippen LogP contribution in [0.25, 0.3) is 0 Å². The largest absolute Gasteiger partial charge is 0.496 e. The number of carbonyl (C=O) groups is 1. The molecule has 3 aromatic rings. The highest BCUT2D eigenvalue weighted by atomic mass is 16.5. The van der Waals surface area contributed by atoms with Crippen molar-refractivity contribution in [3.8, 4) is 11.5 Å². The topological polar surface area (TPSA) is 76.8 Å². The second-order valence-electron chi connectivity index (χ2n) is 7.55. The molecule has 1 heterocycles. The number of hydrogen-bond donors (Lipinski definition) is 1. The van der Waals surface area contributed by atoms with E-state index < -0.39 is 0 Å². The molecule has 0 bridgehead atoms. The van der Waals surface area contributed by atoms with Crippen molar-refractivity contribution in [3.63, 3.8) is 0 Å². The zero-order chi connectivity index (χ0) is 22.4. The maximum atomic E-state index is 12.8. The Kier molecular flexibility index (Phi) is 7.31. The van der Waals surface area contributed by atoms with Gasteiger partial charge in [-0.15, -0.1) is 0 Å². The number of ether oxygens (including phenoxy) is 2. The highest BCUT2D eigenvalue weighted by molar-refractivity contribution is 5.94. The van der Waals surface area contributed by atoms with Crippen molar-refractivity contribution in [3.05, 3.63) is 76.7 Å². The van der Waals surface area contributed by atoms with Crippen molar-refractivity contribution < 1.29 is 18.8 Å². The first-order chi connectivity index (χ1) is 14.9. The Labute approximate surface area is 182 Å². The van der Waals surface area contributed by atoms with Crippen LogP contribution < -0.4 is 14.8 Å². The van der Waals surface area contributed by atoms with Crippen molar-refractivity contribution in [2.75, 3.05) is 27.7 Å². The zero-order valence-corrected chi connectivity index (χ0v) is 18.6. The van der Waals surface area contributed by atoms with Crippen molar-refractivity contribution in [2.45, 2.75) is 26.5 Å². The lowest BCUT2D eigenvalue weighted by Crippen LogP contribution is -2.34. The smallest absolute Gasteiger partial charge is 0.251 e. The summed E-state index contributed by atoms with van der Waals surface area (Å²) in [6, 6.07) is 14.9. The Hall–Kier alpha value is -3.32. The number of carbonyl (C=O) groups excluding carboxylic acids is 1. The average Bonchev–Trinajstić information content (AvgIpc) is 3.09. The second-order valence-corrected chi connectivity index (χ2v) is 7.55. The number of nitrogens with zero attached hydrogens (tertiary/aromatic N) is 2. The molecule has 7 heteroatoms. The van der Waals surface area contributed by atoms with Crippen LogP contribution in [0.15, 0.2) is 53.1 Å². The van der Waals surface area contributed by atoms with Crippen LogP contribution in [0.5, 0.6) is 11.5 Å². The van der Waals surface area contributed by atoms with E-state index in [1.54, 1.807) is 25.3 Å². The molecule has 164 valence electrons. The van der Waals surface area contributed by atoms with E-state index in [1.807, 2.05) is 58.3 Å². The van der Waals surface area contributed by atoms with E-state index in [0.29, 0.717) is 24.5 Å². The van der Waals surface area contributed by atoms with Crippen molar-refractivity contribution in [1.82, 2.24) is 15.4 Å². The molecule has 0 spiro atoms. The van der Waals surface area contributed by atoms with E-state index in [2.05, 4.69) is 15.4 Å². The first kappa shape index (κ1) is 22.4. The van der Waals surface area contributed by atoms with Crippen LogP contribution in [0.4, 0.5) is 0 Å². The minimum atomic E-state index is -0.162. The van der Waals surface area contributed by atoms with Crippen molar-refractivity contribution >= 4 is 5.91 Å². The summed E-state index contributed by atoms with van der Waals surface area (Å²) in [7, 11) is 5.61. The highest BCUT2D eigenvalue weighted by Gasteiger charge is 2.19. The molecule has 0 fully saturated rings. The van der Waals surface area contributed by atoms with Gasteiger partial charge in [0, 0.05) is 17.7 Å². The molecule has 1 N–H and O–H groups in total. The summed E-state index contributed by atoms with van der Waals surface area (Å²) in [6.45, 7) is 4.51. The minimum absolute atomic E-state index is 0.0286. The number of aryl methyl sites for hydroxylation is 2. The molecule has 7 nitrogen and oxygen atoms in total. The van der Waals surface area contributed by atoms with Crippen LogP contribution >= 0.6 is 0 Å². The molecule has 0 aliphatic carbocycles. The Bertz CT molecular complexity index is 1010. The Balaban J connectivity index is 1.66. The first-order valence-corrected chi connectivity index (χ1v) is 10.1. The molecule has 0 aliphatic heterocycles. The molecule has 1 amide bonds. The SMILES string of the molecule is COc1ccccc1C(CNC(=O)c1cccc(OCc2c(C)noc2C)c1)N(C)C. The highest BCUT2D eigenvalue weighted by Crippen LogP contribution is 2.27. The molecule has 2 aromatic carbocycles. The van der Waals surface area contributed by atoms with Crippen molar-refractivity contribution in [2.24, 2.45) is 0 Å². The normalized spacial score (nSPS) is 11.9. The van der Waals surface area contributed by atoms with Gasteiger partial charge in [-0.1, -0.05) is 29.4 Å². The number of aromatic nitrogens is 1. The third kappa shape index (κ3) is 5.44. The summed E-state index contributed by atoms with van der Waals surface area (Å²) in [5.74, 6) is 1.98. The number of benzene rings is 2. The van der Waals surface area contributed by atoms with Crippen LogP contribution in [0.1, 0.15) is 39.0 Å². The molecule has 3 rings (SSSR count). The Morgan fingerprint density at radius 1 is 1.16 bits per heavy atom. The van der Waals surface area contributed by atoms with Gasteiger partial charge in [0.25, 0.3) is 5.91 Å². The lowest BCUT2D eigenvalue weighted by Gasteiger charge is -2.26. The van der Waals surface area contributed by atoms with Gasteiger partial charge in [0.1, 0.15) is 23.9 Å². The van der Waals surface area contributed by atoms with Gasteiger partial charge in [-0.3, -0.25) is 4.79 Å². The lowest BCUT2D eigenvalue weighted by molar-refractivity contribution is 0.0941. The van der Waals surface area contributed by atoms with Gasteiger partial charge >= 0.3 is 0 Å². The quantitative estimate of drug-likeness (QED) is 0.562. The predicted octanol–water partition coefficient (Wildman–Crippen LogP) is 3.91. The van der Waals surface area contributed by atoms with Gasteiger partial charge < -0.3 is 24.2 Å². The van der Waals surface area contributed by atoms with E-state index in [4.69, 9.17) is 14.0 Å². The van der Waals surface area contributed by atoms with Crippen LogP contribution in [-0.2, 0) is 6.61 Å². The van der Waals surface area contributed by atoms with Gasteiger partial charge in [-0.2, -0.15) is 0 Å². The molecule has 0 aliphatic rings. The third-order valence-corrected chi connectivity index (χ3v) is 5.24. The number of hydrogen-bond acceptors (Lipinski definition) is 6. The average molecular weight is 424 g/mol. The van der Waals surface area contributed by atoms with Gasteiger partial charge in [0.15, 0.2) is 0 Å². The van der Waals surface area contributed by atoms with Gasteiger partial charge in [-0.25, -0.2) is 0 Å². The summed E-state index contributed by atoms with van der Waals surface area (Å²) in [5, 5.41) is 6.96. The molecular weight excluding hydrogens is 394 g/mol. The van der Waals surface area contributed by atoms with E-state index in [0.717, 1.165) is 28.3 Å². The van der Waals surface area contributed by atoms with Gasteiger partial charge in [-0.05, 0) is 52.2 Å². The number of nitrogens with one attached hydrogen (secondary N) is 1. The first-order valence-electron chi connectivity index (χ1n) is 10.1. The van der Waals surface area contributed by atoms with E-state index in [9.17, 15) is 4.79 Å². The fourth-order valence-electron chi connectivity index (χ4n) is 3.39. The number of rotatable bonds is 9. The van der Waals surface area contributed by atoms with Crippen LogP contribution in [-0.4, -0.2) is 43.7 Å². The number of methoxy groups -OCH3 is 1. The summed E-state index contributed by atoms with van der Waals surface area (Å²) >= 11 is 0. The molecule has 0 saturated heterocycles. The van der Waals surface area contributed by atoms with Crippen LogP contribution in [0.2, 0.25) is 0 Å². The maximum Gasteiger partial charge on any atom is 0.251 e. The molecule has 0 saturated carbocycles. The van der Waals surface area contributed by atoms with E-state index in [1.165, 1.54) is 0 Å². The lowest BCUT2D eigenvalue weighted by atomic mass is 10.0. The van der Waals surface area contributed by atoms with Gasteiger partial charge in [0.05, 0.1) is 24.4 Å². The Morgan fingerprint density at radius 3 is 2.61 bits per heavy atom. The second kappa shape index (κ2) is 10.1. The standard InChI is InChI=1S/C24H29N3O4/c1-16-21(17(2)31-26-16)15-30-19-10-8-9-18(13-19)24(28)25-14-22(27(3)4)20-11-6-7-12-23(20)29-5/h6-13,22H,14-15H2,1-5H3,(H,25,28). The van der Waals surface area contributed by atoms with E-state index >= 15 is 0 Å². The number of amides is 1. The molecular formula is C24H29N3O4. The molecule has 1 aromatic heterocycles. The fraction of sp³-hybridized carbons (Fsp3) is 0.333. The minimum Gasteiger partial charge on any atom is -0.496 e. The summed E-state index contributed by atoms with van der Waals surface area (Å²) < 4.78 is 16.5. The molecule has 1 unspecified atom stereocenters. The van der Waals surface area contributed by atoms with Gasteiger partial charge in [0.2, 0.25) is 0 Å². The number of likely N-dealkylation sites (N-methyl/N-ethyl adjacent to an activating group) is 1. The molecule has 0 radical (unpaired) electrons. The predicted molar refractivity (Wildman–Crippen MR) is 119 cm³/mol. The zero-order valence-electron chi connectivity index (χ0n) is 18.6. The third-order valence-electron chi connectivity index (χ3n) is 5.24. The Morgan fingerprint density at radius 2 is 1.94 bits per heavy atom. The monoisotopic (exact) mass is 423 g/mol. The number of para-hydroxylation sites is 1. The molecule has 1 atom stereocenters.